The van der Waals surface area contributed by atoms with Crippen LogP contribution in [-0.2, 0) is 9.53 Å². The molecule has 4 heteroatoms. The molecule has 2 atom stereocenters. The lowest BCUT2D eigenvalue weighted by Gasteiger charge is -2.28. The van der Waals surface area contributed by atoms with Crippen LogP contribution < -0.4 is 10.1 Å². The smallest absolute Gasteiger partial charge is 0.256 e. The van der Waals surface area contributed by atoms with Gasteiger partial charge in [0.1, 0.15) is 11.4 Å². The molecular weight excluding hydrogens is 278 g/mol. The minimum absolute atomic E-state index is 0.126. The first-order valence-electron chi connectivity index (χ1n) is 7.94. The van der Waals surface area contributed by atoms with E-state index in [0.717, 1.165) is 17.9 Å². The van der Waals surface area contributed by atoms with Gasteiger partial charge < -0.3 is 14.8 Å². The molecule has 0 spiro atoms. The summed E-state index contributed by atoms with van der Waals surface area (Å²) in [5, 5.41) is 2.91. The number of methoxy groups -OCH3 is 1. The van der Waals surface area contributed by atoms with Gasteiger partial charge >= 0.3 is 0 Å². The highest BCUT2D eigenvalue weighted by molar-refractivity contribution is 5.97. The Labute approximate surface area is 134 Å². The molecule has 4 nitrogen and oxygen atoms in total. The van der Waals surface area contributed by atoms with Crippen LogP contribution in [0.25, 0.3) is 0 Å². The largest absolute Gasteiger partial charge is 0.491 e. The predicted molar refractivity (Wildman–Crippen MR) is 90.3 cm³/mol. The topological polar surface area (TPSA) is 47.6 Å². The van der Waals surface area contributed by atoms with Gasteiger partial charge in [-0.1, -0.05) is 20.8 Å². The van der Waals surface area contributed by atoms with Gasteiger partial charge in [-0.25, -0.2) is 0 Å². The van der Waals surface area contributed by atoms with Crippen molar-refractivity contribution in [3.8, 4) is 5.75 Å². The number of anilines is 1. The number of carbonyl (C=O) groups is 1. The van der Waals surface area contributed by atoms with Crippen LogP contribution in [0.15, 0.2) is 24.3 Å². The maximum absolute atomic E-state index is 12.4. The van der Waals surface area contributed by atoms with Gasteiger partial charge in [0, 0.05) is 12.8 Å². The van der Waals surface area contributed by atoms with Gasteiger partial charge in [-0.3, -0.25) is 4.79 Å². The lowest BCUT2D eigenvalue weighted by molar-refractivity contribution is -0.137. The van der Waals surface area contributed by atoms with Gasteiger partial charge in [0.25, 0.3) is 5.91 Å². The summed E-state index contributed by atoms with van der Waals surface area (Å²) >= 11 is 0. The van der Waals surface area contributed by atoms with Crippen molar-refractivity contribution in [3.63, 3.8) is 0 Å². The lowest BCUT2D eigenvalue weighted by atomic mass is 9.93. The summed E-state index contributed by atoms with van der Waals surface area (Å²) in [6.45, 7) is 10.1. The van der Waals surface area contributed by atoms with E-state index in [0.29, 0.717) is 12.3 Å². The van der Waals surface area contributed by atoms with Crippen LogP contribution in [-0.4, -0.2) is 24.7 Å². The Bertz CT molecular complexity index is 470. The Kier molecular flexibility index (Phi) is 6.88. The van der Waals surface area contributed by atoms with Crippen molar-refractivity contribution in [2.75, 3.05) is 12.4 Å². The first-order valence-corrected chi connectivity index (χ1v) is 7.94. The quantitative estimate of drug-likeness (QED) is 0.781. The molecule has 0 bridgehead atoms. The van der Waals surface area contributed by atoms with Crippen molar-refractivity contribution < 1.29 is 14.3 Å². The summed E-state index contributed by atoms with van der Waals surface area (Å²) in [6, 6.07) is 7.44. The zero-order valence-electron chi connectivity index (χ0n) is 14.6. The molecule has 0 radical (unpaired) electrons. The Balaban J connectivity index is 2.71. The highest BCUT2D eigenvalue weighted by atomic mass is 16.5. The van der Waals surface area contributed by atoms with E-state index in [-0.39, 0.29) is 12.0 Å². The van der Waals surface area contributed by atoms with Crippen LogP contribution in [0.5, 0.6) is 5.75 Å². The Hall–Kier alpha value is -1.55. The van der Waals surface area contributed by atoms with Crippen molar-refractivity contribution in [2.45, 2.75) is 59.2 Å². The van der Waals surface area contributed by atoms with Gasteiger partial charge in [-0.05, 0) is 56.9 Å². The fraction of sp³-hybridized carbons (Fsp3) is 0.611. The second kappa shape index (κ2) is 8.18. The monoisotopic (exact) mass is 307 g/mol. The standard InChI is InChI=1S/C18H29NO3/c1-7-14(4)22-16-10-8-15(9-11-16)19-17(20)18(5,21-6)12-13(2)3/h8-11,13-14H,7,12H2,1-6H3,(H,19,20)/t14-,18-/m1/s1. The number of carbonyl (C=O) groups excluding carboxylic acids is 1. The van der Waals surface area contributed by atoms with Crippen LogP contribution in [0.1, 0.15) is 47.5 Å². The van der Waals surface area contributed by atoms with E-state index in [9.17, 15) is 4.79 Å². The van der Waals surface area contributed by atoms with Crippen molar-refractivity contribution in [3.05, 3.63) is 24.3 Å². The van der Waals surface area contributed by atoms with Crippen LogP contribution >= 0.6 is 0 Å². The molecule has 0 saturated heterocycles. The van der Waals surface area contributed by atoms with E-state index >= 15 is 0 Å². The van der Waals surface area contributed by atoms with Gasteiger partial charge in [0.2, 0.25) is 0 Å². The SMILES string of the molecule is CC[C@@H](C)Oc1ccc(NC(=O)[C@@](C)(CC(C)C)OC)cc1. The van der Waals surface area contributed by atoms with Crippen LogP contribution in [0.2, 0.25) is 0 Å². The summed E-state index contributed by atoms with van der Waals surface area (Å²) in [6.07, 6.45) is 1.81. The van der Waals surface area contributed by atoms with Crippen LogP contribution in [0, 0.1) is 5.92 Å². The summed E-state index contributed by atoms with van der Waals surface area (Å²) in [7, 11) is 1.57. The fourth-order valence-electron chi connectivity index (χ4n) is 2.24. The van der Waals surface area contributed by atoms with Gasteiger partial charge in [0.15, 0.2) is 0 Å². The van der Waals surface area contributed by atoms with E-state index in [4.69, 9.17) is 9.47 Å². The van der Waals surface area contributed by atoms with E-state index in [1.807, 2.05) is 38.1 Å². The van der Waals surface area contributed by atoms with E-state index in [1.54, 1.807) is 7.11 Å². The third-order valence-corrected chi connectivity index (χ3v) is 3.75. The second-order valence-corrected chi connectivity index (χ2v) is 6.35. The normalized spacial score (nSPS) is 15.2. The first kappa shape index (κ1) is 18.5. The third kappa shape index (κ3) is 5.34. The van der Waals surface area contributed by atoms with Crippen LogP contribution in [0.4, 0.5) is 5.69 Å². The van der Waals surface area contributed by atoms with Crippen molar-refractivity contribution >= 4 is 11.6 Å². The lowest BCUT2D eigenvalue weighted by Crippen LogP contribution is -2.43. The zero-order chi connectivity index (χ0) is 16.8. The van der Waals surface area contributed by atoms with Gasteiger partial charge in [-0.2, -0.15) is 0 Å². The average Bonchev–Trinajstić information content (AvgIpc) is 2.48. The van der Waals surface area contributed by atoms with E-state index < -0.39 is 5.60 Å². The van der Waals surface area contributed by atoms with Crippen molar-refractivity contribution in [2.24, 2.45) is 5.92 Å². The number of ether oxygens (including phenoxy) is 2. The maximum Gasteiger partial charge on any atom is 0.256 e. The van der Waals surface area contributed by atoms with Gasteiger partial charge in [-0.15, -0.1) is 0 Å². The molecule has 1 amide bonds. The summed E-state index contributed by atoms with van der Waals surface area (Å²) in [5.41, 5.74) is -0.0754. The summed E-state index contributed by atoms with van der Waals surface area (Å²) in [5.74, 6) is 1.06. The number of rotatable bonds is 8. The molecule has 1 aromatic carbocycles. The molecule has 0 aromatic heterocycles. The molecular formula is C18H29NO3. The molecule has 0 aliphatic carbocycles. The third-order valence-electron chi connectivity index (χ3n) is 3.75. The summed E-state index contributed by atoms with van der Waals surface area (Å²) in [4.78, 5) is 12.4. The number of hydrogen-bond donors (Lipinski definition) is 1. The minimum Gasteiger partial charge on any atom is -0.491 e. The predicted octanol–water partition coefficient (Wildman–Crippen LogP) is 4.25. The second-order valence-electron chi connectivity index (χ2n) is 6.35. The van der Waals surface area contributed by atoms with E-state index in [1.165, 1.54) is 0 Å². The first-order chi connectivity index (χ1) is 10.3. The summed E-state index contributed by atoms with van der Waals surface area (Å²) < 4.78 is 11.2. The zero-order valence-corrected chi connectivity index (χ0v) is 14.6. The van der Waals surface area contributed by atoms with Gasteiger partial charge in [0.05, 0.1) is 6.10 Å². The molecule has 0 aliphatic rings. The molecule has 0 fully saturated rings. The number of amides is 1. The average molecular weight is 307 g/mol. The molecule has 1 aromatic rings. The fourth-order valence-corrected chi connectivity index (χ4v) is 2.24. The number of benzene rings is 1. The van der Waals surface area contributed by atoms with Crippen molar-refractivity contribution in [1.29, 1.82) is 0 Å². The van der Waals surface area contributed by atoms with E-state index in [2.05, 4.69) is 26.1 Å². The molecule has 0 aliphatic heterocycles. The maximum atomic E-state index is 12.4. The molecule has 1 N–H and O–H groups in total. The molecule has 124 valence electrons. The molecule has 22 heavy (non-hydrogen) atoms. The van der Waals surface area contributed by atoms with Crippen molar-refractivity contribution in [1.82, 2.24) is 0 Å². The molecule has 0 saturated carbocycles. The number of hydrogen-bond acceptors (Lipinski definition) is 3. The minimum atomic E-state index is -0.819. The Morgan fingerprint density at radius 2 is 1.82 bits per heavy atom. The highest BCUT2D eigenvalue weighted by Crippen LogP contribution is 2.23. The Morgan fingerprint density at radius 3 is 2.27 bits per heavy atom. The number of nitrogens with one attached hydrogen (secondary N) is 1. The highest BCUT2D eigenvalue weighted by Gasteiger charge is 2.33. The molecule has 1 rings (SSSR count). The van der Waals surface area contributed by atoms with Crippen LogP contribution in [0.3, 0.4) is 0 Å². The molecule has 0 unspecified atom stereocenters. The molecule has 0 heterocycles. The Morgan fingerprint density at radius 1 is 1.23 bits per heavy atom.